The zero-order valence-electron chi connectivity index (χ0n) is 9.33. The summed E-state index contributed by atoms with van der Waals surface area (Å²) in [5.74, 6) is 0. The summed E-state index contributed by atoms with van der Waals surface area (Å²) >= 11 is 3.53. The van der Waals surface area contributed by atoms with Crippen molar-refractivity contribution in [3.05, 3.63) is 34.3 Å². The van der Waals surface area contributed by atoms with E-state index < -0.39 is 0 Å². The van der Waals surface area contributed by atoms with Gasteiger partial charge < -0.3 is 11.5 Å². The highest BCUT2D eigenvalue weighted by molar-refractivity contribution is 9.10. The van der Waals surface area contributed by atoms with E-state index in [0.717, 1.165) is 16.5 Å². The second-order valence-electron chi connectivity index (χ2n) is 4.53. The van der Waals surface area contributed by atoms with Gasteiger partial charge in [0.15, 0.2) is 0 Å². The molecule has 3 heteroatoms. The molecule has 0 aliphatic rings. The zero-order chi connectivity index (χ0) is 11.5. The van der Waals surface area contributed by atoms with Crippen molar-refractivity contribution in [3.63, 3.8) is 0 Å². The highest BCUT2D eigenvalue weighted by atomic mass is 79.9. The topological polar surface area (TPSA) is 52.0 Å². The first-order valence-corrected chi connectivity index (χ1v) is 5.98. The minimum absolute atomic E-state index is 0.0108. The highest BCUT2D eigenvalue weighted by Crippen LogP contribution is 2.36. The summed E-state index contributed by atoms with van der Waals surface area (Å²) < 4.78 is 1.07. The van der Waals surface area contributed by atoms with Crippen LogP contribution in [0.3, 0.4) is 0 Å². The molecule has 1 atom stereocenters. The van der Waals surface area contributed by atoms with Gasteiger partial charge in [0, 0.05) is 10.5 Å². The predicted octanol–water partition coefficient (Wildman–Crippen LogP) is 2.82. The van der Waals surface area contributed by atoms with Gasteiger partial charge in [0.2, 0.25) is 0 Å². The highest BCUT2D eigenvalue weighted by Gasteiger charge is 2.27. The van der Waals surface area contributed by atoms with Crippen LogP contribution < -0.4 is 11.5 Å². The summed E-state index contributed by atoms with van der Waals surface area (Å²) in [4.78, 5) is 0. The Bertz CT molecular complexity index is 323. The molecular weight excluding hydrogens is 252 g/mol. The van der Waals surface area contributed by atoms with Crippen molar-refractivity contribution >= 4 is 15.9 Å². The quantitative estimate of drug-likeness (QED) is 0.884. The second kappa shape index (κ2) is 5.10. The Hall–Kier alpha value is -0.380. The van der Waals surface area contributed by atoms with Gasteiger partial charge in [-0.1, -0.05) is 48.0 Å². The van der Waals surface area contributed by atoms with Crippen LogP contribution in [0.5, 0.6) is 0 Å². The van der Waals surface area contributed by atoms with Gasteiger partial charge in [0.1, 0.15) is 0 Å². The van der Waals surface area contributed by atoms with Gasteiger partial charge in [0.05, 0.1) is 0 Å². The predicted molar refractivity (Wildman–Crippen MR) is 68.5 cm³/mol. The van der Waals surface area contributed by atoms with Crippen molar-refractivity contribution in [3.8, 4) is 0 Å². The lowest BCUT2D eigenvalue weighted by molar-refractivity contribution is 0.270. The van der Waals surface area contributed by atoms with Gasteiger partial charge in [-0.2, -0.15) is 0 Å². The van der Waals surface area contributed by atoms with E-state index in [9.17, 15) is 0 Å². The van der Waals surface area contributed by atoms with Crippen LogP contribution >= 0.6 is 15.9 Å². The third kappa shape index (κ3) is 3.03. The Labute approximate surface area is 100 Å². The average molecular weight is 271 g/mol. The van der Waals surface area contributed by atoms with Crippen molar-refractivity contribution < 1.29 is 0 Å². The molecule has 0 aromatic heterocycles. The van der Waals surface area contributed by atoms with Crippen molar-refractivity contribution in [2.75, 3.05) is 6.54 Å². The molecule has 1 rings (SSSR count). The number of benzene rings is 1. The van der Waals surface area contributed by atoms with Gasteiger partial charge in [-0.15, -0.1) is 0 Å². The molecule has 0 saturated carbocycles. The molecule has 1 aromatic carbocycles. The van der Waals surface area contributed by atoms with Gasteiger partial charge in [0.25, 0.3) is 0 Å². The van der Waals surface area contributed by atoms with Crippen LogP contribution in [0, 0.1) is 5.41 Å². The number of nitrogens with two attached hydrogens (primary N) is 2. The van der Waals surface area contributed by atoms with E-state index in [1.807, 2.05) is 18.2 Å². The molecule has 0 bridgehead atoms. The number of rotatable bonds is 4. The maximum absolute atomic E-state index is 6.27. The third-order valence-corrected chi connectivity index (χ3v) is 3.59. The summed E-state index contributed by atoms with van der Waals surface area (Å²) in [6.45, 7) is 4.99. The van der Waals surface area contributed by atoms with E-state index in [0.29, 0.717) is 6.54 Å². The van der Waals surface area contributed by atoms with Crippen LogP contribution in [-0.4, -0.2) is 6.54 Å². The Morgan fingerprint density at radius 3 is 2.47 bits per heavy atom. The minimum Gasteiger partial charge on any atom is -0.330 e. The van der Waals surface area contributed by atoms with Crippen LogP contribution in [0.2, 0.25) is 0 Å². The van der Waals surface area contributed by atoms with E-state index in [1.165, 1.54) is 0 Å². The molecule has 0 aliphatic heterocycles. The Kier molecular flexibility index (Phi) is 4.32. The van der Waals surface area contributed by atoms with Gasteiger partial charge in [-0.3, -0.25) is 0 Å². The zero-order valence-corrected chi connectivity index (χ0v) is 10.9. The molecule has 0 amide bonds. The fourth-order valence-corrected chi connectivity index (χ4v) is 2.21. The van der Waals surface area contributed by atoms with Gasteiger partial charge in [-0.05, 0) is 30.0 Å². The first-order chi connectivity index (χ1) is 6.99. The molecule has 0 radical (unpaired) electrons. The molecule has 0 fully saturated rings. The van der Waals surface area contributed by atoms with E-state index in [2.05, 4.69) is 35.8 Å². The lowest BCUT2D eigenvalue weighted by Crippen LogP contribution is -2.31. The molecule has 2 nitrogen and oxygen atoms in total. The van der Waals surface area contributed by atoms with Crippen molar-refractivity contribution in [2.24, 2.45) is 16.9 Å². The summed E-state index contributed by atoms with van der Waals surface area (Å²) in [5, 5.41) is 0. The van der Waals surface area contributed by atoms with Crippen molar-refractivity contribution in [1.29, 1.82) is 0 Å². The van der Waals surface area contributed by atoms with E-state index in [1.54, 1.807) is 0 Å². The van der Waals surface area contributed by atoms with Gasteiger partial charge >= 0.3 is 0 Å². The van der Waals surface area contributed by atoms with Crippen LogP contribution in [0.15, 0.2) is 28.7 Å². The molecular formula is C12H19BrN2. The monoisotopic (exact) mass is 270 g/mol. The fourth-order valence-electron chi connectivity index (χ4n) is 1.68. The normalized spacial score (nSPS) is 13.9. The molecule has 15 heavy (non-hydrogen) atoms. The summed E-state index contributed by atoms with van der Waals surface area (Å²) in [6, 6.07) is 8.10. The molecule has 84 valence electrons. The van der Waals surface area contributed by atoms with Crippen LogP contribution in [0.1, 0.15) is 31.9 Å². The summed E-state index contributed by atoms with van der Waals surface area (Å²) in [5.41, 5.74) is 13.1. The first kappa shape index (κ1) is 12.7. The summed E-state index contributed by atoms with van der Waals surface area (Å²) in [7, 11) is 0. The van der Waals surface area contributed by atoms with Crippen molar-refractivity contribution in [2.45, 2.75) is 26.3 Å². The van der Waals surface area contributed by atoms with Crippen LogP contribution in [0.25, 0.3) is 0 Å². The number of hydrogen-bond acceptors (Lipinski definition) is 2. The SMILES string of the molecule is CC(C)(CCN)C(N)c1ccccc1Br. The van der Waals surface area contributed by atoms with Crippen molar-refractivity contribution in [1.82, 2.24) is 0 Å². The molecule has 1 aromatic rings. The maximum Gasteiger partial charge on any atom is 0.0358 e. The van der Waals surface area contributed by atoms with Crippen LogP contribution in [-0.2, 0) is 0 Å². The standard InChI is InChI=1S/C12H19BrN2/c1-12(2,7-8-14)11(15)9-5-3-4-6-10(9)13/h3-6,11H,7-8,14-15H2,1-2H3. The Morgan fingerprint density at radius 2 is 1.93 bits per heavy atom. The van der Waals surface area contributed by atoms with E-state index >= 15 is 0 Å². The Balaban J connectivity index is 2.93. The largest absolute Gasteiger partial charge is 0.330 e. The average Bonchev–Trinajstić information content (AvgIpc) is 2.17. The van der Waals surface area contributed by atoms with E-state index in [4.69, 9.17) is 11.5 Å². The van der Waals surface area contributed by atoms with Crippen LogP contribution in [0.4, 0.5) is 0 Å². The Morgan fingerprint density at radius 1 is 1.33 bits per heavy atom. The molecule has 0 saturated heterocycles. The molecule has 1 unspecified atom stereocenters. The molecule has 4 N–H and O–H groups in total. The minimum atomic E-state index is 0.0108. The smallest absolute Gasteiger partial charge is 0.0358 e. The summed E-state index contributed by atoms with van der Waals surface area (Å²) in [6.07, 6.45) is 0.926. The lowest BCUT2D eigenvalue weighted by Gasteiger charge is -2.32. The second-order valence-corrected chi connectivity index (χ2v) is 5.38. The lowest BCUT2D eigenvalue weighted by atomic mass is 9.78. The van der Waals surface area contributed by atoms with E-state index in [-0.39, 0.29) is 11.5 Å². The molecule has 0 spiro atoms. The first-order valence-electron chi connectivity index (χ1n) is 5.19. The fraction of sp³-hybridized carbons (Fsp3) is 0.500. The molecule has 0 aliphatic carbocycles. The van der Waals surface area contributed by atoms with Gasteiger partial charge in [-0.25, -0.2) is 0 Å². The number of halogens is 1. The molecule has 0 heterocycles. The number of hydrogen-bond donors (Lipinski definition) is 2. The third-order valence-electron chi connectivity index (χ3n) is 2.87. The maximum atomic E-state index is 6.27.